The summed E-state index contributed by atoms with van der Waals surface area (Å²) in [7, 11) is 0. The van der Waals surface area contributed by atoms with Crippen LogP contribution in [-0.2, 0) is 10.9 Å². The van der Waals surface area contributed by atoms with Gasteiger partial charge in [0.2, 0.25) is 0 Å². The normalized spacial score (nSPS) is 11.4. The number of aromatic nitrogens is 4. The molecule has 0 bridgehead atoms. The van der Waals surface area contributed by atoms with Crippen LogP contribution in [0.4, 0.5) is 13.2 Å². The van der Waals surface area contributed by atoms with Crippen molar-refractivity contribution in [3.8, 4) is 22.8 Å². The lowest BCUT2D eigenvalue weighted by atomic mass is 10.1. The van der Waals surface area contributed by atoms with Crippen LogP contribution in [0.2, 0.25) is 0 Å². The Morgan fingerprint density at radius 3 is 2.63 bits per heavy atom. The summed E-state index contributed by atoms with van der Waals surface area (Å²) in [4.78, 5) is 19.8. The number of halogens is 3. The zero-order chi connectivity index (χ0) is 19.6. The third-order valence-corrected chi connectivity index (χ3v) is 3.55. The lowest BCUT2D eigenvalue weighted by Crippen LogP contribution is -2.19. The Morgan fingerprint density at radius 1 is 1.22 bits per heavy atom. The van der Waals surface area contributed by atoms with Gasteiger partial charge in [-0.3, -0.25) is 4.98 Å². The first-order valence-corrected chi connectivity index (χ1v) is 7.76. The molecule has 0 aliphatic rings. The molecule has 10 heteroatoms. The Labute approximate surface area is 151 Å². The van der Waals surface area contributed by atoms with Crippen LogP contribution in [-0.4, -0.2) is 37.4 Å². The van der Waals surface area contributed by atoms with Crippen LogP contribution in [0.25, 0.3) is 17.1 Å². The summed E-state index contributed by atoms with van der Waals surface area (Å²) in [5.74, 6) is -1.51. The lowest BCUT2D eigenvalue weighted by Gasteiger charge is -2.12. The van der Waals surface area contributed by atoms with Gasteiger partial charge in [0.05, 0.1) is 30.9 Å². The fourth-order valence-electron chi connectivity index (χ4n) is 2.43. The van der Waals surface area contributed by atoms with Gasteiger partial charge in [-0.1, -0.05) is 12.1 Å². The average molecular weight is 378 g/mol. The van der Waals surface area contributed by atoms with Gasteiger partial charge in [-0.15, -0.1) is 0 Å². The number of rotatable bonds is 4. The zero-order valence-electron chi connectivity index (χ0n) is 13.9. The molecule has 3 aromatic rings. The van der Waals surface area contributed by atoms with E-state index in [1.807, 2.05) is 0 Å². The minimum absolute atomic E-state index is 0.0795. The highest BCUT2D eigenvalue weighted by Crippen LogP contribution is 2.34. The van der Waals surface area contributed by atoms with E-state index in [0.717, 1.165) is 12.4 Å². The Kier molecular flexibility index (Phi) is 4.80. The molecule has 0 aliphatic heterocycles. The Bertz CT molecular complexity index is 986. The van der Waals surface area contributed by atoms with E-state index in [4.69, 9.17) is 0 Å². The van der Waals surface area contributed by atoms with E-state index in [1.165, 1.54) is 19.2 Å². The maximum atomic E-state index is 13.6. The third kappa shape index (κ3) is 3.59. The summed E-state index contributed by atoms with van der Waals surface area (Å²) in [6.07, 6.45) is -1.75. The topological polar surface area (TPSA) is 90.1 Å². The second-order valence-corrected chi connectivity index (χ2v) is 5.32. The number of hydrogen-bond acceptors (Lipinski definition) is 6. The highest BCUT2D eigenvalue weighted by molar-refractivity contribution is 5.90. The van der Waals surface area contributed by atoms with Gasteiger partial charge < -0.3 is 9.84 Å². The highest BCUT2D eigenvalue weighted by atomic mass is 19.4. The predicted molar refractivity (Wildman–Crippen MR) is 87.2 cm³/mol. The molecule has 0 atom stereocenters. The van der Waals surface area contributed by atoms with Crippen molar-refractivity contribution in [2.24, 2.45) is 0 Å². The maximum absolute atomic E-state index is 13.6. The van der Waals surface area contributed by atoms with E-state index in [1.54, 1.807) is 18.2 Å². The average Bonchev–Trinajstić information content (AvgIpc) is 3.08. The predicted octanol–water partition coefficient (Wildman–Crippen LogP) is 3.23. The van der Waals surface area contributed by atoms with Crippen LogP contribution in [0.1, 0.15) is 23.0 Å². The van der Waals surface area contributed by atoms with Gasteiger partial charge in [-0.05, 0) is 19.1 Å². The number of aromatic hydroxyl groups is 1. The number of esters is 1. The molecule has 0 fully saturated rings. The SMILES string of the molecule is CCOC(=O)c1cnn(-c2cncc(-c3ccccc3O)n2)c1C(F)(F)F. The summed E-state index contributed by atoms with van der Waals surface area (Å²) in [6.45, 7) is 1.40. The van der Waals surface area contributed by atoms with Crippen LogP contribution in [0.5, 0.6) is 5.75 Å². The van der Waals surface area contributed by atoms with Crippen molar-refractivity contribution in [2.45, 2.75) is 13.1 Å². The van der Waals surface area contributed by atoms with Crippen molar-refractivity contribution in [3.05, 3.63) is 54.1 Å². The Hall–Kier alpha value is -3.43. The molecule has 0 spiro atoms. The minimum Gasteiger partial charge on any atom is -0.507 e. The molecule has 1 N–H and O–H groups in total. The van der Waals surface area contributed by atoms with E-state index < -0.39 is 23.4 Å². The van der Waals surface area contributed by atoms with Gasteiger partial charge in [-0.25, -0.2) is 14.5 Å². The Morgan fingerprint density at radius 2 is 1.96 bits per heavy atom. The van der Waals surface area contributed by atoms with Gasteiger partial charge in [0.25, 0.3) is 0 Å². The van der Waals surface area contributed by atoms with Crippen molar-refractivity contribution in [1.82, 2.24) is 19.7 Å². The molecule has 0 saturated carbocycles. The second kappa shape index (κ2) is 7.06. The van der Waals surface area contributed by atoms with Gasteiger partial charge in [0.1, 0.15) is 11.3 Å². The zero-order valence-corrected chi connectivity index (χ0v) is 13.9. The van der Waals surface area contributed by atoms with E-state index >= 15 is 0 Å². The van der Waals surface area contributed by atoms with Crippen LogP contribution < -0.4 is 0 Å². The van der Waals surface area contributed by atoms with Gasteiger partial charge in [-0.2, -0.15) is 18.3 Å². The molecule has 2 aromatic heterocycles. The van der Waals surface area contributed by atoms with Crippen molar-refractivity contribution < 1.29 is 27.8 Å². The lowest BCUT2D eigenvalue weighted by molar-refractivity contribution is -0.143. The summed E-state index contributed by atoms with van der Waals surface area (Å²) >= 11 is 0. The molecule has 3 rings (SSSR count). The second-order valence-electron chi connectivity index (χ2n) is 5.32. The maximum Gasteiger partial charge on any atom is 0.434 e. The third-order valence-electron chi connectivity index (χ3n) is 3.55. The number of benzene rings is 1. The number of hydrogen-bond donors (Lipinski definition) is 1. The van der Waals surface area contributed by atoms with Crippen LogP contribution in [0.3, 0.4) is 0 Å². The molecule has 0 saturated heterocycles. The number of phenols is 1. The van der Waals surface area contributed by atoms with Gasteiger partial charge in [0.15, 0.2) is 11.5 Å². The number of nitrogens with zero attached hydrogens (tertiary/aromatic N) is 4. The molecule has 0 amide bonds. The monoisotopic (exact) mass is 378 g/mol. The van der Waals surface area contributed by atoms with E-state index in [0.29, 0.717) is 4.68 Å². The largest absolute Gasteiger partial charge is 0.507 e. The number of carbonyl (C=O) groups is 1. The van der Waals surface area contributed by atoms with Gasteiger partial charge >= 0.3 is 12.1 Å². The number of carbonyl (C=O) groups excluding carboxylic acids is 1. The highest BCUT2D eigenvalue weighted by Gasteiger charge is 2.41. The summed E-state index contributed by atoms with van der Waals surface area (Å²) in [6, 6.07) is 6.19. The standard InChI is InChI=1S/C17H13F3N4O3/c1-2-27-16(26)11-7-22-24(15(11)17(18,19)20)14-9-21-8-12(23-14)10-5-3-4-6-13(10)25/h3-9,25H,2H2,1H3. The molecule has 0 radical (unpaired) electrons. The molecule has 2 heterocycles. The Balaban J connectivity index is 2.14. The molecule has 140 valence electrons. The summed E-state index contributed by atoms with van der Waals surface area (Å²) in [5.41, 5.74) is -1.60. The number of phenolic OH excluding ortho intramolecular Hbond substituents is 1. The van der Waals surface area contributed by atoms with Crippen LogP contribution in [0, 0.1) is 0 Å². The number of alkyl halides is 3. The molecule has 1 aromatic carbocycles. The van der Waals surface area contributed by atoms with Gasteiger partial charge in [0, 0.05) is 5.56 Å². The fraction of sp³-hybridized carbons (Fsp3) is 0.176. The molecule has 27 heavy (non-hydrogen) atoms. The van der Waals surface area contributed by atoms with E-state index in [-0.39, 0.29) is 29.4 Å². The fourth-order valence-corrected chi connectivity index (χ4v) is 2.43. The van der Waals surface area contributed by atoms with Crippen molar-refractivity contribution in [1.29, 1.82) is 0 Å². The first-order valence-electron chi connectivity index (χ1n) is 7.76. The minimum atomic E-state index is -4.88. The smallest absolute Gasteiger partial charge is 0.434 e. The summed E-state index contributed by atoms with van der Waals surface area (Å²) in [5, 5.41) is 13.6. The first kappa shape index (κ1) is 18.4. The molecular formula is C17H13F3N4O3. The number of para-hydroxylation sites is 1. The molecule has 7 nitrogen and oxygen atoms in total. The molecule has 0 unspecified atom stereocenters. The van der Waals surface area contributed by atoms with E-state index in [2.05, 4.69) is 19.8 Å². The summed E-state index contributed by atoms with van der Waals surface area (Å²) < 4.78 is 45.8. The van der Waals surface area contributed by atoms with Crippen molar-refractivity contribution >= 4 is 5.97 Å². The number of ether oxygens (including phenoxy) is 1. The van der Waals surface area contributed by atoms with Crippen LogP contribution >= 0.6 is 0 Å². The van der Waals surface area contributed by atoms with E-state index in [9.17, 15) is 23.1 Å². The molecule has 0 aliphatic carbocycles. The van der Waals surface area contributed by atoms with Crippen molar-refractivity contribution in [2.75, 3.05) is 6.61 Å². The molecular weight excluding hydrogens is 365 g/mol. The van der Waals surface area contributed by atoms with Crippen molar-refractivity contribution in [3.63, 3.8) is 0 Å². The first-order chi connectivity index (χ1) is 12.8. The van der Waals surface area contributed by atoms with Crippen LogP contribution in [0.15, 0.2) is 42.9 Å². The quantitative estimate of drug-likeness (QED) is 0.701.